The molecule has 0 radical (unpaired) electrons. The van der Waals surface area contributed by atoms with E-state index in [4.69, 9.17) is 4.74 Å². The van der Waals surface area contributed by atoms with Gasteiger partial charge < -0.3 is 14.7 Å². The zero-order valence-electron chi connectivity index (χ0n) is 12.2. The second kappa shape index (κ2) is 5.89. The van der Waals surface area contributed by atoms with Gasteiger partial charge in [-0.1, -0.05) is 19.8 Å². The Morgan fingerprint density at radius 3 is 2.44 bits per heavy atom. The molecule has 1 aliphatic carbocycles. The number of aliphatic hydroxyl groups excluding tert-OH is 1. The Balaban J connectivity index is 2.12. The van der Waals surface area contributed by atoms with E-state index in [1.807, 2.05) is 0 Å². The van der Waals surface area contributed by atoms with Crippen molar-refractivity contribution in [1.29, 1.82) is 0 Å². The molecule has 0 aromatic rings. The van der Waals surface area contributed by atoms with E-state index >= 15 is 0 Å². The summed E-state index contributed by atoms with van der Waals surface area (Å²) in [5.41, 5.74) is -0.000324. The van der Waals surface area contributed by atoms with Crippen LogP contribution in [0.2, 0.25) is 0 Å². The highest BCUT2D eigenvalue weighted by Crippen LogP contribution is 2.41. The molecule has 18 heavy (non-hydrogen) atoms. The summed E-state index contributed by atoms with van der Waals surface area (Å²) in [5.74, 6) is 1.15. The Morgan fingerprint density at radius 2 is 1.89 bits per heavy atom. The monoisotopic (exact) mass is 255 g/mol. The van der Waals surface area contributed by atoms with E-state index in [-0.39, 0.29) is 11.6 Å². The van der Waals surface area contributed by atoms with Crippen LogP contribution in [0.4, 0.5) is 0 Å². The Labute approximate surface area is 112 Å². The maximum Gasteiger partial charge on any atom is 0.0753 e. The molecule has 2 aliphatic rings. The summed E-state index contributed by atoms with van der Waals surface area (Å²) < 4.78 is 5.43. The molecule has 0 amide bonds. The summed E-state index contributed by atoms with van der Waals surface area (Å²) in [6.07, 6.45) is 6.69. The fourth-order valence-electron chi connectivity index (χ4n) is 3.97. The number of aliphatic hydroxyl groups is 1. The minimum Gasteiger partial charge on any atom is -0.391 e. The van der Waals surface area contributed by atoms with Crippen molar-refractivity contribution in [3.63, 3.8) is 0 Å². The van der Waals surface area contributed by atoms with E-state index in [1.54, 1.807) is 0 Å². The van der Waals surface area contributed by atoms with Gasteiger partial charge in [-0.05, 0) is 51.6 Å². The number of nitrogens with zero attached hydrogens (tertiary/aromatic N) is 1. The smallest absolute Gasteiger partial charge is 0.0753 e. The van der Waals surface area contributed by atoms with Gasteiger partial charge in [0.05, 0.1) is 6.10 Å². The summed E-state index contributed by atoms with van der Waals surface area (Å²) in [6, 6.07) is 0. The van der Waals surface area contributed by atoms with E-state index in [0.29, 0.717) is 5.92 Å². The van der Waals surface area contributed by atoms with Gasteiger partial charge in [-0.3, -0.25) is 0 Å². The second-order valence-corrected chi connectivity index (χ2v) is 6.59. The van der Waals surface area contributed by atoms with Gasteiger partial charge >= 0.3 is 0 Å². The first-order valence-electron chi connectivity index (χ1n) is 7.49. The maximum absolute atomic E-state index is 10.9. The largest absolute Gasteiger partial charge is 0.391 e. The lowest BCUT2D eigenvalue weighted by Crippen LogP contribution is -2.58. The molecule has 0 bridgehead atoms. The number of likely N-dealkylation sites (N-methyl/N-ethyl adjacent to an activating group) is 1. The molecule has 1 heterocycles. The third kappa shape index (κ3) is 2.73. The predicted molar refractivity (Wildman–Crippen MR) is 73.6 cm³/mol. The molecule has 3 atom stereocenters. The van der Waals surface area contributed by atoms with Crippen molar-refractivity contribution in [2.45, 2.75) is 57.1 Å². The SMILES string of the molecule is CC1CCCC(C(O)C2CCOCC2)(N(C)C)C1. The molecule has 0 aromatic heterocycles. The van der Waals surface area contributed by atoms with Crippen molar-refractivity contribution >= 4 is 0 Å². The molecule has 0 spiro atoms. The van der Waals surface area contributed by atoms with Crippen LogP contribution >= 0.6 is 0 Å². The van der Waals surface area contributed by atoms with Crippen LogP contribution in [-0.4, -0.2) is 49.0 Å². The van der Waals surface area contributed by atoms with Gasteiger partial charge in [0.2, 0.25) is 0 Å². The highest BCUT2D eigenvalue weighted by Gasteiger charge is 2.46. The lowest BCUT2D eigenvalue weighted by molar-refractivity contribution is -0.0931. The molecular weight excluding hydrogens is 226 g/mol. The van der Waals surface area contributed by atoms with E-state index in [1.165, 1.54) is 12.8 Å². The number of ether oxygens (including phenoxy) is 1. The summed E-state index contributed by atoms with van der Waals surface area (Å²) >= 11 is 0. The minimum absolute atomic E-state index is 0.000324. The topological polar surface area (TPSA) is 32.7 Å². The average Bonchev–Trinajstić information content (AvgIpc) is 2.38. The van der Waals surface area contributed by atoms with Gasteiger partial charge in [-0.2, -0.15) is 0 Å². The highest BCUT2D eigenvalue weighted by atomic mass is 16.5. The van der Waals surface area contributed by atoms with Crippen molar-refractivity contribution < 1.29 is 9.84 Å². The van der Waals surface area contributed by atoms with Crippen molar-refractivity contribution in [2.24, 2.45) is 11.8 Å². The predicted octanol–water partition coefficient (Wildman–Crippen LogP) is 2.28. The second-order valence-electron chi connectivity index (χ2n) is 6.59. The summed E-state index contributed by atoms with van der Waals surface area (Å²) in [7, 11) is 4.28. The fourth-order valence-corrected chi connectivity index (χ4v) is 3.97. The van der Waals surface area contributed by atoms with Crippen LogP contribution < -0.4 is 0 Å². The molecule has 1 saturated carbocycles. The third-order valence-electron chi connectivity index (χ3n) is 5.16. The van der Waals surface area contributed by atoms with Crippen molar-refractivity contribution in [2.75, 3.05) is 27.3 Å². The maximum atomic E-state index is 10.9. The molecule has 1 saturated heterocycles. The molecule has 2 rings (SSSR count). The lowest BCUT2D eigenvalue weighted by atomic mass is 9.68. The summed E-state index contributed by atoms with van der Waals surface area (Å²) in [4.78, 5) is 2.29. The Morgan fingerprint density at radius 1 is 1.22 bits per heavy atom. The number of rotatable bonds is 3. The standard InChI is InChI=1S/C15H29NO2/c1-12-5-4-8-15(11-12,16(2)3)14(17)13-6-9-18-10-7-13/h12-14,17H,4-11H2,1-3H3. The molecule has 3 unspecified atom stereocenters. The zero-order chi connectivity index (χ0) is 13.2. The lowest BCUT2D eigenvalue weighted by Gasteiger charge is -2.50. The molecule has 3 nitrogen and oxygen atoms in total. The minimum atomic E-state index is -0.195. The van der Waals surface area contributed by atoms with Crippen molar-refractivity contribution in [3.05, 3.63) is 0 Å². The molecule has 2 fully saturated rings. The quantitative estimate of drug-likeness (QED) is 0.840. The van der Waals surface area contributed by atoms with Crippen LogP contribution in [0.25, 0.3) is 0 Å². The van der Waals surface area contributed by atoms with Crippen molar-refractivity contribution in [1.82, 2.24) is 4.90 Å². The average molecular weight is 255 g/mol. The van der Waals surface area contributed by atoms with Gasteiger partial charge in [0, 0.05) is 18.8 Å². The molecule has 1 N–H and O–H groups in total. The number of hydrogen-bond donors (Lipinski definition) is 1. The summed E-state index contributed by atoms with van der Waals surface area (Å²) in [5, 5.41) is 10.9. The van der Waals surface area contributed by atoms with E-state index in [2.05, 4.69) is 25.9 Å². The van der Waals surface area contributed by atoms with Crippen LogP contribution in [0.5, 0.6) is 0 Å². The normalized spacial score (nSPS) is 36.8. The van der Waals surface area contributed by atoms with Crippen LogP contribution in [-0.2, 0) is 4.74 Å². The van der Waals surface area contributed by atoms with E-state index < -0.39 is 0 Å². The van der Waals surface area contributed by atoms with Crippen molar-refractivity contribution in [3.8, 4) is 0 Å². The Bertz CT molecular complexity index is 263. The first-order valence-corrected chi connectivity index (χ1v) is 7.49. The van der Waals surface area contributed by atoms with Gasteiger partial charge in [-0.15, -0.1) is 0 Å². The molecule has 1 aliphatic heterocycles. The van der Waals surface area contributed by atoms with Crippen LogP contribution in [0.3, 0.4) is 0 Å². The van der Waals surface area contributed by atoms with Crippen LogP contribution in [0.15, 0.2) is 0 Å². The van der Waals surface area contributed by atoms with Gasteiger partial charge in [0.15, 0.2) is 0 Å². The molecular formula is C15H29NO2. The van der Waals surface area contributed by atoms with E-state index in [9.17, 15) is 5.11 Å². The van der Waals surface area contributed by atoms with Gasteiger partial charge in [0.1, 0.15) is 0 Å². The summed E-state index contributed by atoms with van der Waals surface area (Å²) in [6.45, 7) is 3.97. The molecule has 106 valence electrons. The Kier molecular flexibility index (Phi) is 4.68. The first kappa shape index (κ1) is 14.3. The highest BCUT2D eigenvalue weighted by molar-refractivity contribution is 5.01. The third-order valence-corrected chi connectivity index (χ3v) is 5.16. The first-order chi connectivity index (χ1) is 8.56. The van der Waals surface area contributed by atoms with Crippen LogP contribution in [0, 0.1) is 11.8 Å². The van der Waals surface area contributed by atoms with Gasteiger partial charge in [0.25, 0.3) is 0 Å². The fraction of sp³-hybridized carbons (Fsp3) is 1.00. The number of hydrogen-bond acceptors (Lipinski definition) is 3. The molecule has 3 heteroatoms. The Hall–Kier alpha value is -0.120. The van der Waals surface area contributed by atoms with Crippen LogP contribution in [0.1, 0.15) is 45.4 Å². The van der Waals surface area contributed by atoms with E-state index in [0.717, 1.165) is 44.8 Å². The molecule has 0 aromatic carbocycles. The van der Waals surface area contributed by atoms with Gasteiger partial charge in [-0.25, -0.2) is 0 Å². The zero-order valence-corrected chi connectivity index (χ0v) is 12.2.